The van der Waals surface area contributed by atoms with Gasteiger partial charge in [-0.25, -0.2) is 0 Å². The monoisotopic (exact) mass is 201 g/mol. The summed E-state index contributed by atoms with van der Waals surface area (Å²) in [6.45, 7) is 3.72. The molecule has 0 aromatic heterocycles. The maximum atomic E-state index is 11.3. The molecule has 84 valence electrons. The van der Waals surface area contributed by atoms with Gasteiger partial charge in [-0.1, -0.05) is 0 Å². The van der Waals surface area contributed by atoms with Crippen LogP contribution >= 0.6 is 0 Å². The standard InChI is InChI=1S/C10H23N3O/c1-9(13(3)4)8-12-10(14)6-5-7-11-2/h9,11H,5-8H2,1-4H3,(H,12,14). The third-order valence-electron chi connectivity index (χ3n) is 2.31. The zero-order valence-electron chi connectivity index (χ0n) is 9.76. The Bertz CT molecular complexity index is 159. The van der Waals surface area contributed by atoms with Gasteiger partial charge in [0.15, 0.2) is 0 Å². The highest BCUT2D eigenvalue weighted by atomic mass is 16.1. The van der Waals surface area contributed by atoms with Gasteiger partial charge in [-0.15, -0.1) is 0 Å². The van der Waals surface area contributed by atoms with Gasteiger partial charge in [0.1, 0.15) is 0 Å². The number of amides is 1. The Morgan fingerprint density at radius 1 is 1.43 bits per heavy atom. The summed E-state index contributed by atoms with van der Waals surface area (Å²) in [5, 5.41) is 5.93. The molecule has 14 heavy (non-hydrogen) atoms. The summed E-state index contributed by atoms with van der Waals surface area (Å²) in [6, 6.07) is 0.392. The molecular weight excluding hydrogens is 178 g/mol. The number of nitrogens with zero attached hydrogens (tertiary/aromatic N) is 1. The highest BCUT2D eigenvalue weighted by Gasteiger charge is 2.06. The Hall–Kier alpha value is -0.610. The van der Waals surface area contributed by atoms with Gasteiger partial charge in [0.2, 0.25) is 5.91 Å². The number of hydrogen-bond acceptors (Lipinski definition) is 3. The first-order chi connectivity index (χ1) is 6.57. The summed E-state index contributed by atoms with van der Waals surface area (Å²) < 4.78 is 0. The van der Waals surface area contributed by atoms with Crippen LogP contribution in [0.2, 0.25) is 0 Å². The van der Waals surface area contributed by atoms with E-state index in [4.69, 9.17) is 0 Å². The predicted octanol–water partition coefficient (Wildman–Crippen LogP) is 0.0523. The molecule has 0 heterocycles. The quantitative estimate of drug-likeness (QED) is 0.572. The van der Waals surface area contributed by atoms with Crippen LogP contribution in [0.5, 0.6) is 0 Å². The van der Waals surface area contributed by atoms with E-state index in [1.165, 1.54) is 0 Å². The van der Waals surface area contributed by atoms with E-state index in [9.17, 15) is 4.79 Å². The predicted molar refractivity (Wildman–Crippen MR) is 59.3 cm³/mol. The van der Waals surface area contributed by atoms with Gasteiger partial charge in [-0.3, -0.25) is 4.79 Å². The first-order valence-corrected chi connectivity index (χ1v) is 5.15. The van der Waals surface area contributed by atoms with Gasteiger partial charge in [0.05, 0.1) is 0 Å². The molecule has 4 nitrogen and oxygen atoms in total. The molecule has 0 fully saturated rings. The summed E-state index contributed by atoms with van der Waals surface area (Å²) in [4.78, 5) is 13.4. The molecule has 1 amide bonds. The lowest BCUT2D eigenvalue weighted by molar-refractivity contribution is -0.121. The Morgan fingerprint density at radius 3 is 2.57 bits per heavy atom. The van der Waals surface area contributed by atoms with Crippen LogP contribution in [0.25, 0.3) is 0 Å². The molecule has 0 radical (unpaired) electrons. The lowest BCUT2D eigenvalue weighted by atomic mass is 10.2. The first-order valence-electron chi connectivity index (χ1n) is 5.15. The molecule has 0 bridgehead atoms. The maximum absolute atomic E-state index is 11.3. The van der Waals surface area contributed by atoms with Crippen molar-refractivity contribution in [3.63, 3.8) is 0 Å². The molecular formula is C10H23N3O. The van der Waals surface area contributed by atoms with Crippen molar-refractivity contribution in [3.8, 4) is 0 Å². The minimum absolute atomic E-state index is 0.147. The largest absolute Gasteiger partial charge is 0.355 e. The van der Waals surface area contributed by atoms with Gasteiger partial charge in [0, 0.05) is 19.0 Å². The van der Waals surface area contributed by atoms with Gasteiger partial charge in [0.25, 0.3) is 0 Å². The fraction of sp³-hybridized carbons (Fsp3) is 0.900. The second-order valence-corrected chi connectivity index (χ2v) is 3.82. The van der Waals surface area contributed by atoms with E-state index in [1.54, 1.807) is 0 Å². The second-order valence-electron chi connectivity index (χ2n) is 3.82. The summed E-state index contributed by atoms with van der Waals surface area (Å²) in [5.41, 5.74) is 0. The highest BCUT2D eigenvalue weighted by Crippen LogP contribution is 1.91. The number of nitrogens with one attached hydrogen (secondary N) is 2. The summed E-state index contributed by atoms with van der Waals surface area (Å²) in [6.07, 6.45) is 1.51. The van der Waals surface area contributed by atoms with Gasteiger partial charge in [-0.05, 0) is 41.0 Å². The summed E-state index contributed by atoms with van der Waals surface area (Å²) in [7, 11) is 5.92. The van der Waals surface area contributed by atoms with Crippen LogP contribution in [0.4, 0.5) is 0 Å². The minimum atomic E-state index is 0.147. The summed E-state index contributed by atoms with van der Waals surface area (Å²) in [5.74, 6) is 0.147. The van der Waals surface area contributed by atoms with Crippen LogP contribution in [0.3, 0.4) is 0 Å². The van der Waals surface area contributed by atoms with E-state index in [1.807, 2.05) is 21.1 Å². The third-order valence-corrected chi connectivity index (χ3v) is 2.31. The smallest absolute Gasteiger partial charge is 0.220 e. The molecule has 0 aromatic rings. The SMILES string of the molecule is CNCCCC(=O)NCC(C)N(C)C. The van der Waals surface area contributed by atoms with Crippen molar-refractivity contribution < 1.29 is 4.79 Å². The number of carbonyl (C=O) groups excluding carboxylic acids is 1. The minimum Gasteiger partial charge on any atom is -0.355 e. The zero-order valence-corrected chi connectivity index (χ0v) is 9.76. The van der Waals surface area contributed by atoms with Gasteiger partial charge >= 0.3 is 0 Å². The fourth-order valence-corrected chi connectivity index (χ4v) is 0.958. The molecule has 0 saturated heterocycles. The molecule has 0 saturated carbocycles. The van der Waals surface area contributed by atoms with Gasteiger partial charge in [-0.2, -0.15) is 0 Å². The number of likely N-dealkylation sites (N-methyl/N-ethyl adjacent to an activating group) is 1. The number of carbonyl (C=O) groups is 1. The molecule has 0 aliphatic rings. The van der Waals surface area contributed by atoms with E-state index in [0.717, 1.165) is 19.5 Å². The van der Waals surface area contributed by atoms with Crippen LogP contribution in [0.15, 0.2) is 0 Å². The third kappa shape index (κ3) is 6.86. The second kappa shape index (κ2) is 7.76. The molecule has 4 heteroatoms. The maximum Gasteiger partial charge on any atom is 0.220 e. The van der Waals surface area contributed by atoms with E-state index in [-0.39, 0.29) is 5.91 Å². The molecule has 0 spiro atoms. The van der Waals surface area contributed by atoms with Gasteiger partial charge < -0.3 is 15.5 Å². The van der Waals surface area contributed by atoms with Crippen molar-refractivity contribution in [1.29, 1.82) is 0 Å². The van der Waals surface area contributed by atoms with E-state index in [2.05, 4.69) is 22.5 Å². The van der Waals surface area contributed by atoms with Crippen molar-refractivity contribution in [1.82, 2.24) is 15.5 Å². The van der Waals surface area contributed by atoms with E-state index < -0.39 is 0 Å². The van der Waals surface area contributed by atoms with Crippen LogP contribution in [0.1, 0.15) is 19.8 Å². The van der Waals surface area contributed by atoms with E-state index >= 15 is 0 Å². The average Bonchev–Trinajstić information content (AvgIpc) is 2.14. The Morgan fingerprint density at radius 2 is 2.07 bits per heavy atom. The molecule has 0 aromatic carbocycles. The molecule has 0 rings (SSSR count). The highest BCUT2D eigenvalue weighted by molar-refractivity contribution is 5.75. The normalized spacial score (nSPS) is 12.9. The lowest BCUT2D eigenvalue weighted by Gasteiger charge is -2.19. The molecule has 0 aliphatic carbocycles. The average molecular weight is 201 g/mol. The van der Waals surface area contributed by atoms with Crippen molar-refractivity contribution >= 4 is 5.91 Å². The molecule has 1 unspecified atom stereocenters. The van der Waals surface area contributed by atoms with Crippen molar-refractivity contribution in [2.45, 2.75) is 25.8 Å². The Balaban J connectivity index is 3.44. The van der Waals surface area contributed by atoms with Crippen LogP contribution in [-0.2, 0) is 4.79 Å². The Labute approximate surface area is 87.0 Å². The van der Waals surface area contributed by atoms with E-state index in [0.29, 0.717) is 12.5 Å². The van der Waals surface area contributed by atoms with Crippen molar-refractivity contribution in [2.75, 3.05) is 34.2 Å². The first kappa shape index (κ1) is 13.4. The van der Waals surface area contributed by atoms with Crippen molar-refractivity contribution in [2.24, 2.45) is 0 Å². The molecule has 2 N–H and O–H groups in total. The molecule has 0 aliphatic heterocycles. The fourth-order valence-electron chi connectivity index (χ4n) is 0.958. The van der Waals surface area contributed by atoms with Crippen molar-refractivity contribution in [3.05, 3.63) is 0 Å². The van der Waals surface area contributed by atoms with Crippen LogP contribution < -0.4 is 10.6 Å². The zero-order chi connectivity index (χ0) is 11.0. The molecule has 1 atom stereocenters. The number of rotatable bonds is 7. The lowest BCUT2D eigenvalue weighted by Crippen LogP contribution is -2.38. The van der Waals surface area contributed by atoms with Crippen LogP contribution in [0, 0.1) is 0 Å². The Kier molecular flexibility index (Phi) is 7.42. The summed E-state index contributed by atoms with van der Waals surface area (Å²) >= 11 is 0. The van der Waals surface area contributed by atoms with Crippen LogP contribution in [-0.4, -0.2) is 51.1 Å². The topological polar surface area (TPSA) is 44.4 Å². The number of hydrogen-bond donors (Lipinski definition) is 2.